The lowest BCUT2D eigenvalue weighted by Gasteiger charge is -2.12. The highest BCUT2D eigenvalue weighted by atomic mass is 32.1. The fourth-order valence-corrected chi connectivity index (χ4v) is 4.53. The molecule has 0 fully saturated rings. The molecular formula is C28H16F4N6O3S. The molecule has 9 nitrogen and oxygen atoms in total. The van der Waals surface area contributed by atoms with Gasteiger partial charge in [-0.15, -0.1) is 16.4 Å². The van der Waals surface area contributed by atoms with E-state index >= 15 is 0 Å². The highest BCUT2D eigenvalue weighted by molar-refractivity contribution is 7.13. The van der Waals surface area contributed by atoms with Crippen LogP contribution in [0.2, 0.25) is 0 Å². The Bertz CT molecular complexity index is 1880. The second kappa shape index (κ2) is 10.9. The Morgan fingerprint density at radius 3 is 2.31 bits per heavy atom. The Balaban J connectivity index is 1.34. The number of halogens is 4. The molecule has 0 radical (unpaired) electrons. The highest BCUT2D eigenvalue weighted by Gasteiger charge is 2.36. The van der Waals surface area contributed by atoms with Crippen molar-refractivity contribution in [2.75, 3.05) is 5.32 Å². The summed E-state index contributed by atoms with van der Waals surface area (Å²) in [5.74, 6) is -1.15. The third-order valence-electron chi connectivity index (χ3n) is 5.64. The van der Waals surface area contributed by atoms with Crippen molar-refractivity contribution in [3.05, 3.63) is 108 Å². The molecule has 1 N–H and O–H groups in total. The third-order valence-corrected chi connectivity index (χ3v) is 6.53. The summed E-state index contributed by atoms with van der Waals surface area (Å²) in [6.45, 7) is 0. The average molecular weight is 593 g/mol. The van der Waals surface area contributed by atoms with Crippen LogP contribution in [0.25, 0.3) is 16.3 Å². The van der Waals surface area contributed by atoms with Gasteiger partial charge in [0, 0.05) is 30.1 Å². The summed E-state index contributed by atoms with van der Waals surface area (Å²) >= 11 is 1.21. The minimum absolute atomic E-state index is 0.0482. The lowest BCUT2D eigenvalue weighted by Crippen LogP contribution is -2.16. The lowest BCUT2D eigenvalue weighted by molar-refractivity contribution is -0.142. The number of carbonyl (C=O) groups excluding carboxylic acids is 1. The van der Waals surface area contributed by atoms with E-state index < -0.39 is 35.2 Å². The largest absolute Gasteiger partial charge is 0.457 e. The van der Waals surface area contributed by atoms with Crippen molar-refractivity contribution in [3.63, 3.8) is 0 Å². The first-order chi connectivity index (χ1) is 20.2. The Labute approximate surface area is 238 Å². The summed E-state index contributed by atoms with van der Waals surface area (Å²) in [5, 5.41) is 8.06. The number of aromatic nitrogens is 5. The van der Waals surface area contributed by atoms with E-state index in [-0.39, 0.29) is 22.9 Å². The third kappa shape index (κ3) is 5.88. The van der Waals surface area contributed by atoms with Crippen LogP contribution in [0.1, 0.15) is 16.3 Å². The van der Waals surface area contributed by atoms with Crippen LogP contribution >= 0.6 is 11.3 Å². The van der Waals surface area contributed by atoms with Crippen LogP contribution in [0.4, 0.5) is 23.2 Å². The topological polar surface area (TPSA) is 104 Å². The molecule has 4 aromatic heterocycles. The normalized spacial score (nSPS) is 11.4. The van der Waals surface area contributed by atoms with Gasteiger partial charge in [0.1, 0.15) is 28.8 Å². The highest BCUT2D eigenvalue weighted by Crippen LogP contribution is 2.34. The maximum atomic E-state index is 13.9. The predicted molar refractivity (Wildman–Crippen MR) is 144 cm³/mol. The van der Waals surface area contributed by atoms with Crippen LogP contribution in [0.3, 0.4) is 0 Å². The molecule has 0 saturated heterocycles. The van der Waals surface area contributed by atoms with Crippen molar-refractivity contribution in [3.8, 4) is 33.6 Å². The van der Waals surface area contributed by atoms with Gasteiger partial charge in [-0.1, -0.05) is 6.07 Å². The molecule has 0 unspecified atom stereocenters. The molecule has 2 aromatic carbocycles. The number of pyridine rings is 1. The maximum absolute atomic E-state index is 13.9. The van der Waals surface area contributed by atoms with Gasteiger partial charge in [-0.25, -0.2) is 9.37 Å². The summed E-state index contributed by atoms with van der Waals surface area (Å²) < 4.78 is 67.2. The van der Waals surface area contributed by atoms with Crippen molar-refractivity contribution in [2.45, 2.75) is 6.18 Å². The number of fused-ring (bicyclic) bond motifs is 1. The smallest absolute Gasteiger partial charge is 0.433 e. The van der Waals surface area contributed by atoms with Crippen molar-refractivity contribution in [1.82, 2.24) is 24.6 Å². The number of benzene rings is 2. The molecule has 1 amide bonds. The average Bonchev–Trinajstić information content (AvgIpc) is 3.64. The molecule has 6 aromatic rings. The van der Waals surface area contributed by atoms with E-state index in [2.05, 4.69) is 25.4 Å². The number of nitrogens with zero attached hydrogens (tertiary/aromatic N) is 5. The Morgan fingerprint density at radius 2 is 1.64 bits per heavy atom. The minimum atomic E-state index is -4.79. The Hall–Kier alpha value is -5.37. The first-order valence-corrected chi connectivity index (χ1v) is 13.0. The lowest BCUT2D eigenvalue weighted by atomic mass is 10.2. The number of rotatable bonds is 7. The zero-order valence-electron chi connectivity index (χ0n) is 21.0. The summed E-state index contributed by atoms with van der Waals surface area (Å²) in [7, 11) is 0. The zero-order chi connectivity index (χ0) is 29.3. The van der Waals surface area contributed by atoms with E-state index in [1.54, 1.807) is 35.8 Å². The molecule has 210 valence electrons. The molecular weight excluding hydrogens is 576 g/mol. The van der Waals surface area contributed by atoms with E-state index in [0.717, 1.165) is 6.07 Å². The number of ether oxygens (including phenoxy) is 2. The van der Waals surface area contributed by atoms with Crippen molar-refractivity contribution < 1.29 is 31.8 Å². The quantitative estimate of drug-likeness (QED) is 0.195. The number of anilines is 1. The monoisotopic (exact) mass is 592 g/mol. The zero-order valence-corrected chi connectivity index (χ0v) is 21.9. The molecule has 4 heterocycles. The van der Waals surface area contributed by atoms with Crippen molar-refractivity contribution >= 4 is 28.7 Å². The number of alkyl halides is 3. The van der Waals surface area contributed by atoms with Gasteiger partial charge in [-0.2, -0.15) is 22.7 Å². The summed E-state index contributed by atoms with van der Waals surface area (Å²) in [6.07, 6.45) is -1.75. The van der Waals surface area contributed by atoms with E-state index in [9.17, 15) is 22.4 Å². The van der Waals surface area contributed by atoms with E-state index in [1.165, 1.54) is 60.0 Å². The summed E-state index contributed by atoms with van der Waals surface area (Å²) in [5.41, 5.74) is -0.933. The molecule has 0 aliphatic heterocycles. The second-order valence-electron chi connectivity index (χ2n) is 8.64. The SMILES string of the molecule is O=C(Nc1cc(Oc2ccc(F)cc2)cc(Oc2cccnc2)c1)c1nc2nc(-c3cccs3)cc(C(F)(F)F)n2n1. The number of hydrogen-bond donors (Lipinski definition) is 1. The summed E-state index contributed by atoms with van der Waals surface area (Å²) in [4.78, 5) is 25.8. The van der Waals surface area contributed by atoms with E-state index in [1.807, 2.05) is 0 Å². The van der Waals surface area contributed by atoms with Crippen molar-refractivity contribution in [1.29, 1.82) is 0 Å². The van der Waals surface area contributed by atoms with Crippen LogP contribution < -0.4 is 14.8 Å². The van der Waals surface area contributed by atoms with Gasteiger partial charge in [0.15, 0.2) is 5.69 Å². The van der Waals surface area contributed by atoms with Crippen LogP contribution in [0.5, 0.6) is 23.0 Å². The molecule has 14 heteroatoms. The molecule has 42 heavy (non-hydrogen) atoms. The van der Waals surface area contributed by atoms with Gasteiger partial charge in [0.05, 0.1) is 16.8 Å². The number of hydrogen-bond acceptors (Lipinski definition) is 8. The predicted octanol–water partition coefficient (Wildman–Crippen LogP) is 7.24. The Kier molecular flexibility index (Phi) is 6.96. The van der Waals surface area contributed by atoms with E-state index in [0.29, 0.717) is 20.9 Å². The van der Waals surface area contributed by atoms with Crippen LogP contribution in [-0.4, -0.2) is 30.5 Å². The molecule has 0 saturated carbocycles. The van der Waals surface area contributed by atoms with Crippen LogP contribution in [0, 0.1) is 5.82 Å². The number of thiophene rings is 1. The molecule has 0 bridgehead atoms. The number of carbonyl (C=O) groups is 1. The molecule has 6 rings (SSSR count). The first kappa shape index (κ1) is 26.8. The number of amides is 1. The van der Waals surface area contributed by atoms with Gasteiger partial charge in [0.2, 0.25) is 5.82 Å². The van der Waals surface area contributed by atoms with E-state index in [4.69, 9.17) is 9.47 Å². The summed E-state index contributed by atoms with van der Waals surface area (Å²) in [6, 6.07) is 17.2. The number of nitrogens with one attached hydrogen (secondary N) is 1. The van der Waals surface area contributed by atoms with Gasteiger partial charge in [0.25, 0.3) is 11.7 Å². The van der Waals surface area contributed by atoms with Gasteiger partial charge < -0.3 is 14.8 Å². The molecule has 0 spiro atoms. The fraction of sp³-hybridized carbons (Fsp3) is 0.0357. The van der Waals surface area contributed by atoms with Crippen molar-refractivity contribution in [2.24, 2.45) is 0 Å². The molecule has 0 aliphatic carbocycles. The van der Waals surface area contributed by atoms with Crippen LogP contribution in [-0.2, 0) is 6.18 Å². The standard InChI is InChI=1S/C28H16F4N6O3S/c29-16-5-7-18(8-6-16)40-20-11-17(12-21(13-20)41-19-3-1-9-33-15-19)34-26(39)25-36-27-35-22(23-4-2-10-42-23)14-24(28(30,31)32)38(27)37-25/h1-15H,(H,34,39). The van der Waals surface area contributed by atoms with Crippen LogP contribution in [0.15, 0.2) is 90.6 Å². The Morgan fingerprint density at radius 1 is 0.881 bits per heavy atom. The van der Waals surface area contributed by atoms with Gasteiger partial charge in [-0.3, -0.25) is 9.78 Å². The fourth-order valence-electron chi connectivity index (χ4n) is 3.85. The maximum Gasteiger partial charge on any atom is 0.433 e. The second-order valence-corrected chi connectivity index (χ2v) is 9.59. The van der Waals surface area contributed by atoms with Gasteiger partial charge >= 0.3 is 6.18 Å². The first-order valence-electron chi connectivity index (χ1n) is 12.1. The minimum Gasteiger partial charge on any atom is -0.457 e. The molecule has 0 aliphatic rings. The molecule has 0 atom stereocenters. The van der Waals surface area contributed by atoms with Gasteiger partial charge in [-0.05, 0) is 53.9 Å².